The third-order valence-electron chi connectivity index (χ3n) is 1.76. The smallest absolute Gasteiger partial charge is 0.222 e. The third kappa shape index (κ3) is 1.87. The molecule has 0 bridgehead atoms. The van der Waals surface area contributed by atoms with Gasteiger partial charge in [0.15, 0.2) is 0 Å². The summed E-state index contributed by atoms with van der Waals surface area (Å²) >= 11 is 0. The summed E-state index contributed by atoms with van der Waals surface area (Å²) in [6.45, 7) is 3.91. The Hall–Kier alpha value is -1.91. The van der Waals surface area contributed by atoms with Gasteiger partial charge < -0.3 is 5.32 Å². The fraction of sp³-hybridized carbons (Fsp3) is 0.222. The third-order valence-corrected chi connectivity index (χ3v) is 1.76. The second kappa shape index (κ2) is 3.45. The average molecular weight is 189 g/mol. The summed E-state index contributed by atoms with van der Waals surface area (Å²) in [5, 5.41) is 9.58. The molecule has 2 N–H and O–H groups in total. The Balaban J connectivity index is 2.25. The van der Waals surface area contributed by atoms with Crippen molar-refractivity contribution in [3.8, 4) is 0 Å². The second-order valence-corrected chi connectivity index (χ2v) is 3.10. The number of hydrogen-bond donors (Lipinski definition) is 2. The summed E-state index contributed by atoms with van der Waals surface area (Å²) in [6, 6.07) is 3.91. The van der Waals surface area contributed by atoms with Crippen molar-refractivity contribution >= 4 is 11.6 Å². The summed E-state index contributed by atoms with van der Waals surface area (Å²) in [7, 11) is 0. The molecule has 2 rings (SSSR count). The first-order chi connectivity index (χ1) is 6.74. The standard InChI is InChI=1S/C9H11N5/c1-6-3-8(4-7(2)12-6)13-9-10-5-11-14-9/h3-5H,1-2H3,(H2,10,11,12,13,14). The van der Waals surface area contributed by atoms with Crippen molar-refractivity contribution < 1.29 is 0 Å². The molecular formula is C9H11N5. The van der Waals surface area contributed by atoms with Crippen LogP contribution in [-0.2, 0) is 0 Å². The van der Waals surface area contributed by atoms with Crippen LogP contribution in [0, 0.1) is 13.8 Å². The van der Waals surface area contributed by atoms with Crippen LogP contribution in [0.15, 0.2) is 18.5 Å². The zero-order valence-corrected chi connectivity index (χ0v) is 8.07. The van der Waals surface area contributed by atoms with Gasteiger partial charge in [0.05, 0.1) is 0 Å². The van der Waals surface area contributed by atoms with Gasteiger partial charge in [0.1, 0.15) is 6.33 Å². The van der Waals surface area contributed by atoms with Gasteiger partial charge in [0, 0.05) is 17.1 Å². The molecule has 0 aliphatic rings. The van der Waals surface area contributed by atoms with Gasteiger partial charge in [-0.1, -0.05) is 0 Å². The zero-order valence-electron chi connectivity index (χ0n) is 8.07. The Labute approximate surface area is 81.6 Å². The zero-order chi connectivity index (χ0) is 9.97. The van der Waals surface area contributed by atoms with Crippen LogP contribution in [0.5, 0.6) is 0 Å². The Morgan fingerprint density at radius 3 is 2.50 bits per heavy atom. The molecule has 0 atom stereocenters. The molecule has 0 unspecified atom stereocenters. The summed E-state index contributed by atoms with van der Waals surface area (Å²) in [5.74, 6) is 0.634. The molecule has 0 saturated heterocycles. The van der Waals surface area contributed by atoms with Crippen molar-refractivity contribution in [3.05, 3.63) is 29.8 Å². The predicted molar refractivity (Wildman–Crippen MR) is 53.4 cm³/mol. The molecule has 2 heterocycles. The molecular weight excluding hydrogens is 178 g/mol. The van der Waals surface area contributed by atoms with Crippen LogP contribution in [0.2, 0.25) is 0 Å². The Kier molecular flexibility index (Phi) is 2.14. The number of pyridine rings is 1. The van der Waals surface area contributed by atoms with E-state index < -0.39 is 0 Å². The van der Waals surface area contributed by atoms with Gasteiger partial charge in [-0.25, -0.2) is 5.10 Å². The number of H-pyrrole nitrogens is 1. The predicted octanol–water partition coefficient (Wildman–Crippen LogP) is 1.56. The number of hydrogen-bond acceptors (Lipinski definition) is 4. The molecule has 5 nitrogen and oxygen atoms in total. The maximum Gasteiger partial charge on any atom is 0.222 e. The Bertz CT molecular complexity index is 401. The van der Waals surface area contributed by atoms with Crippen LogP contribution in [0.25, 0.3) is 0 Å². The lowest BCUT2D eigenvalue weighted by Gasteiger charge is -2.04. The van der Waals surface area contributed by atoms with E-state index in [9.17, 15) is 0 Å². The van der Waals surface area contributed by atoms with Crippen molar-refractivity contribution in [3.63, 3.8) is 0 Å². The number of aromatic amines is 1. The molecule has 0 spiro atoms. The van der Waals surface area contributed by atoms with Crippen LogP contribution < -0.4 is 5.32 Å². The molecule has 2 aromatic rings. The van der Waals surface area contributed by atoms with Crippen LogP contribution in [0.1, 0.15) is 11.4 Å². The SMILES string of the molecule is Cc1cc(Nc2ncn[nH]2)cc(C)n1. The number of nitrogens with one attached hydrogen (secondary N) is 2. The first-order valence-corrected chi connectivity index (χ1v) is 4.32. The lowest BCUT2D eigenvalue weighted by Crippen LogP contribution is -1.95. The Morgan fingerprint density at radius 2 is 1.93 bits per heavy atom. The highest BCUT2D eigenvalue weighted by molar-refractivity contribution is 5.53. The van der Waals surface area contributed by atoms with E-state index in [1.165, 1.54) is 6.33 Å². The first kappa shape index (κ1) is 8.68. The molecule has 0 aromatic carbocycles. The van der Waals surface area contributed by atoms with E-state index in [1.807, 2.05) is 26.0 Å². The maximum absolute atomic E-state index is 4.28. The number of anilines is 2. The minimum atomic E-state index is 0.634. The van der Waals surface area contributed by atoms with Crippen molar-refractivity contribution in [1.82, 2.24) is 20.2 Å². The number of rotatable bonds is 2. The van der Waals surface area contributed by atoms with E-state index in [1.54, 1.807) is 0 Å². The molecule has 72 valence electrons. The normalized spacial score (nSPS) is 10.1. The van der Waals surface area contributed by atoms with Crippen LogP contribution >= 0.6 is 0 Å². The van der Waals surface area contributed by atoms with Gasteiger partial charge in [0.2, 0.25) is 5.95 Å². The first-order valence-electron chi connectivity index (χ1n) is 4.32. The fourth-order valence-corrected chi connectivity index (χ4v) is 1.31. The molecule has 0 aliphatic heterocycles. The molecule has 5 heteroatoms. The quantitative estimate of drug-likeness (QED) is 0.752. The molecule has 0 amide bonds. The molecule has 0 aliphatic carbocycles. The summed E-state index contributed by atoms with van der Waals surface area (Å²) in [5.41, 5.74) is 2.92. The highest BCUT2D eigenvalue weighted by atomic mass is 15.3. The maximum atomic E-state index is 4.28. The second-order valence-electron chi connectivity index (χ2n) is 3.10. The average Bonchev–Trinajstić information content (AvgIpc) is 2.54. The molecule has 14 heavy (non-hydrogen) atoms. The van der Waals surface area contributed by atoms with E-state index in [2.05, 4.69) is 25.5 Å². The van der Waals surface area contributed by atoms with Crippen molar-refractivity contribution in [2.24, 2.45) is 0 Å². The van der Waals surface area contributed by atoms with Gasteiger partial charge in [-0.3, -0.25) is 4.98 Å². The fourth-order valence-electron chi connectivity index (χ4n) is 1.31. The number of nitrogens with zero attached hydrogens (tertiary/aromatic N) is 3. The van der Waals surface area contributed by atoms with E-state index in [0.717, 1.165) is 17.1 Å². The van der Waals surface area contributed by atoms with Gasteiger partial charge in [0.25, 0.3) is 0 Å². The minimum absolute atomic E-state index is 0.634. The number of aromatic nitrogens is 4. The van der Waals surface area contributed by atoms with Crippen LogP contribution in [0.4, 0.5) is 11.6 Å². The summed E-state index contributed by atoms with van der Waals surface area (Å²) in [4.78, 5) is 8.25. The van der Waals surface area contributed by atoms with Gasteiger partial charge in [-0.05, 0) is 26.0 Å². The van der Waals surface area contributed by atoms with Gasteiger partial charge in [-0.15, -0.1) is 0 Å². The van der Waals surface area contributed by atoms with Crippen molar-refractivity contribution in [1.29, 1.82) is 0 Å². The van der Waals surface area contributed by atoms with Gasteiger partial charge in [-0.2, -0.15) is 10.1 Å². The van der Waals surface area contributed by atoms with E-state index in [-0.39, 0.29) is 0 Å². The largest absolute Gasteiger partial charge is 0.324 e. The lowest BCUT2D eigenvalue weighted by atomic mass is 10.3. The monoisotopic (exact) mass is 189 g/mol. The Morgan fingerprint density at radius 1 is 1.21 bits per heavy atom. The van der Waals surface area contributed by atoms with Crippen LogP contribution in [-0.4, -0.2) is 20.2 Å². The van der Waals surface area contributed by atoms with Crippen molar-refractivity contribution in [2.45, 2.75) is 13.8 Å². The van der Waals surface area contributed by atoms with Gasteiger partial charge >= 0.3 is 0 Å². The molecule has 0 fully saturated rings. The van der Waals surface area contributed by atoms with E-state index in [0.29, 0.717) is 5.95 Å². The van der Waals surface area contributed by atoms with E-state index in [4.69, 9.17) is 0 Å². The minimum Gasteiger partial charge on any atom is -0.324 e. The summed E-state index contributed by atoms with van der Waals surface area (Å²) < 4.78 is 0. The number of aryl methyl sites for hydroxylation is 2. The lowest BCUT2D eigenvalue weighted by molar-refractivity contribution is 1.09. The molecule has 2 aromatic heterocycles. The van der Waals surface area contributed by atoms with Crippen LogP contribution in [0.3, 0.4) is 0 Å². The highest BCUT2D eigenvalue weighted by Gasteiger charge is 1.98. The highest BCUT2D eigenvalue weighted by Crippen LogP contribution is 2.13. The summed E-state index contributed by atoms with van der Waals surface area (Å²) in [6.07, 6.45) is 1.46. The topological polar surface area (TPSA) is 66.5 Å². The molecule has 0 radical (unpaired) electrons. The van der Waals surface area contributed by atoms with E-state index >= 15 is 0 Å². The molecule has 0 saturated carbocycles. The van der Waals surface area contributed by atoms with Crippen molar-refractivity contribution in [2.75, 3.05) is 5.32 Å².